The van der Waals surface area contributed by atoms with E-state index in [0.717, 1.165) is 11.1 Å². The minimum atomic E-state index is -0.192. The number of carbonyl (C=O) groups is 1. The number of benzene rings is 1. The molecule has 29 heavy (non-hydrogen) atoms. The fourth-order valence-corrected chi connectivity index (χ4v) is 2.58. The first-order valence-electron chi connectivity index (χ1n) is 9.08. The Morgan fingerprint density at radius 1 is 1.00 bits per heavy atom. The Labute approximate surface area is 174 Å². The van der Waals surface area contributed by atoms with Crippen molar-refractivity contribution >= 4 is 41.0 Å². The SMILES string of the molecule is Cc1ccc(Nc2ccc(NCCNC(=O)/C=C/c3ccccc3Cl)nn2)nc1. The van der Waals surface area contributed by atoms with Gasteiger partial charge >= 0.3 is 0 Å². The van der Waals surface area contributed by atoms with Gasteiger partial charge in [-0.1, -0.05) is 35.9 Å². The van der Waals surface area contributed by atoms with Gasteiger partial charge in [0.25, 0.3) is 0 Å². The summed E-state index contributed by atoms with van der Waals surface area (Å²) in [5.41, 5.74) is 1.89. The van der Waals surface area contributed by atoms with Crippen molar-refractivity contribution < 1.29 is 4.79 Å². The lowest BCUT2D eigenvalue weighted by atomic mass is 10.2. The summed E-state index contributed by atoms with van der Waals surface area (Å²) in [6, 6.07) is 14.8. The fraction of sp³-hybridized carbons (Fsp3) is 0.143. The van der Waals surface area contributed by atoms with E-state index in [-0.39, 0.29) is 5.91 Å². The van der Waals surface area contributed by atoms with Gasteiger partial charge in [-0.05, 0) is 48.4 Å². The highest BCUT2D eigenvalue weighted by Crippen LogP contribution is 2.16. The summed E-state index contributed by atoms with van der Waals surface area (Å²) in [4.78, 5) is 16.1. The standard InChI is InChI=1S/C21H21ClN6O/c1-15-6-8-18(25-14-15)26-20-10-9-19(27-28-20)23-12-13-24-21(29)11-7-16-4-2-3-5-17(16)22/h2-11,14H,12-13H2,1H3,(H,23,27)(H,24,29)(H,25,26,28)/b11-7+. The van der Waals surface area contributed by atoms with E-state index in [1.165, 1.54) is 6.08 Å². The lowest BCUT2D eigenvalue weighted by Crippen LogP contribution is -2.27. The second kappa shape index (κ2) is 10.2. The van der Waals surface area contributed by atoms with Gasteiger partial charge < -0.3 is 16.0 Å². The molecule has 148 valence electrons. The molecule has 8 heteroatoms. The zero-order valence-corrected chi connectivity index (χ0v) is 16.6. The zero-order chi connectivity index (χ0) is 20.5. The summed E-state index contributed by atoms with van der Waals surface area (Å²) in [6.45, 7) is 2.95. The molecule has 1 aromatic carbocycles. The molecule has 3 rings (SSSR count). The minimum absolute atomic E-state index is 0.192. The van der Waals surface area contributed by atoms with Crippen LogP contribution >= 0.6 is 11.6 Å². The Morgan fingerprint density at radius 3 is 2.48 bits per heavy atom. The first-order valence-corrected chi connectivity index (χ1v) is 9.46. The van der Waals surface area contributed by atoms with E-state index < -0.39 is 0 Å². The molecule has 2 heterocycles. The van der Waals surface area contributed by atoms with E-state index in [1.54, 1.807) is 18.3 Å². The number of pyridine rings is 1. The van der Waals surface area contributed by atoms with Gasteiger partial charge in [0.05, 0.1) is 0 Å². The summed E-state index contributed by atoms with van der Waals surface area (Å²) in [7, 11) is 0. The van der Waals surface area contributed by atoms with Gasteiger partial charge in [0, 0.05) is 30.4 Å². The van der Waals surface area contributed by atoms with Crippen molar-refractivity contribution in [2.75, 3.05) is 23.7 Å². The van der Waals surface area contributed by atoms with Crippen LogP contribution in [0.1, 0.15) is 11.1 Å². The van der Waals surface area contributed by atoms with Gasteiger partial charge in [-0.2, -0.15) is 0 Å². The molecule has 0 radical (unpaired) electrons. The molecule has 1 amide bonds. The number of aromatic nitrogens is 3. The number of hydrogen-bond donors (Lipinski definition) is 3. The van der Waals surface area contributed by atoms with Crippen molar-refractivity contribution in [1.29, 1.82) is 0 Å². The molecule has 2 aromatic heterocycles. The number of halogens is 1. The second-order valence-electron chi connectivity index (χ2n) is 6.22. The Kier molecular flexibility index (Phi) is 7.13. The first-order chi connectivity index (χ1) is 14.1. The lowest BCUT2D eigenvalue weighted by molar-refractivity contribution is -0.116. The van der Waals surface area contributed by atoms with Crippen LogP contribution in [0.25, 0.3) is 6.08 Å². The van der Waals surface area contributed by atoms with Crippen LogP contribution in [0.3, 0.4) is 0 Å². The number of rotatable bonds is 8. The maximum absolute atomic E-state index is 11.9. The van der Waals surface area contributed by atoms with Gasteiger partial charge in [0.15, 0.2) is 5.82 Å². The number of anilines is 3. The van der Waals surface area contributed by atoms with Crippen LogP contribution in [-0.4, -0.2) is 34.2 Å². The molecule has 3 aromatic rings. The number of aryl methyl sites for hydroxylation is 1. The van der Waals surface area contributed by atoms with Crippen molar-refractivity contribution in [3.8, 4) is 0 Å². The van der Waals surface area contributed by atoms with Crippen molar-refractivity contribution in [1.82, 2.24) is 20.5 Å². The maximum Gasteiger partial charge on any atom is 0.244 e. The smallest absolute Gasteiger partial charge is 0.244 e. The zero-order valence-electron chi connectivity index (χ0n) is 15.9. The van der Waals surface area contributed by atoms with E-state index in [0.29, 0.717) is 35.6 Å². The summed E-state index contributed by atoms with van der Waals surface area (Å²) >= 11 is 6.05. The molecule has 0 saturated heterocycles. The monoisotopic (exact) mass is 408 g/mol. The van der Waals surface area contributed by atoms with Crippen molar-refractivity contribution in [3.05, 3.63) is 77.0 Å². The molecule has 0 aliphatic heterocycles. The molecular weight excluding hydrogens is 388 g/mol. The Morgan fingerprint density at radius 2 is 1.76 bits per heavy atom. The summed E-state index contributed by atoms with van der Waals surface area (Å²) in [6.07, 6.45) is 4.93. The van der Waals surface area contributed by atoms with Crippen molar-refractivity contribution in [3.63, 3.8) is 0 Å². The topological polar surface area (TPSA) is 91.8 Å². The van der Waals surface area contributed by atoms with E-state index in [1.807, 2.05) is 49.4 Å². The Hall–Kier alpha value is -3.45. The largest absolute Gasteiger partial charge is 0.367 e. The third-order valence-corrected chi connectivity index (χ3v) is 4.23. The molecule has 0 spiro atoms. The van der Waals surface area contributed by atoms with Crippen LogP contribution in [0.2, 0.25) is 5.02 Å². The van der Waals surface area contributed by atoms with Gasteiger partial charge in [-0.25, -0.2) is 4.98 Å². The average Bonchev–Trinajstić information content (AvgIpc) is 2.73. The molecule has 0 saturated carbocycles. The van der Waals surface area contributed by atoms with Crippen LogP contribution in [-0.2, 0) is 4.79 Å². The molecule has 0 aliphatic carbocycles. The number of hydrogen-bond acceptors (Lipinski definition) is 6. The number of carbonyl (C=O) groups excluding carboxylic acids is 1. The average molecular weight is 409 g/mol. The van der Waals surface area contributed by atoms with Crippen molar-refractivity contribution in [2.24, 2.45) is 0 Å². The molecule has 7 nitrogen and oxygen atoms in total. The molecule has 0 atom stereocenters. The van der Waals surface area contributed by atoms with E-state index in [2.05, 4.69) is 31.1 Å². The predicted octanol–water partition coefficient (Wildman–Crippen LogP) is 3.82. The third kappa shape index (κ3) is 6.58. The third-order valence-electron chi connectivity index (χ3n) is 3.88. The van der Waals surface area contributed by atoms with Crippen LogP contribution in [0.5, 0.6) is 0 Å². The van der Waals surface area contributed by atoms with Gasteiger partial charge in [-0.3, -0.25) is 4.79 Å². The lowest BCUT2D eigenvalue weighted by Gasteiger charge is -2.07. The quantitative estimate of drug-likeness (QED) is 0.387. The minimum Gasteiger partial charge on any atom is -0.367 e. The highest BCUT2D eigenvalue weighted by Gasteiger charge is 2.01. The molecule has 3 N–H and O–H groups in total. The number of nitrogens with one attached hydrogen (secondary N) is 3. The molecular formula is C21H21ClN6O. The Bertz CT molecular complexity index is 973. The van der Waals surface area contributed by atoms with Crippen molar-refractivity contribution in [2.45, 2.75) is 6.92 Å². The fourth-order valence-electron chi connectivity index (χ4n) is 2.38. The van der Waals surface area contributed by atoms with Crippen LogP contribution in [0.4, 0.5) is 17.5 Å². The van der Waals surface area contributed by atoms with Gasteiger partial charge in [0.1, 0.15) is 11.6 Å². The highest BCUT2D eigenvalue weighted by molar-refractivity contribution is 6.32. The normalized spacial score (nSPS) is 10.7. The Balaban J connectivity index is 1.39. The maximum atomic E-state index is 11.9. The summed E-state index contributed by atoms with van der Waals surface area (Å²) < 4.78 is 0. The number of nitrogens with zero attached hydrogens (tertiary/aromatic N) is 3. The predicted molar refractivity (Wildman–Crippen MR) is 116 cm³/mol. The van der Waals surface area contributed by atoms with E-state index >= 15 is 0 Å². The summed E-state index contributed by atoms with van der Waals surface area (Å²) in [5, 5.41) is 17.8. The van der Waals surface area contributed by atoms with Gasteiger partial charge in [0.2, 0.25) is 5.91 Å². The van der Waals surface area contributed by atoms with Crippen LogP contribution in [0.15, 0.2) is 60.8 Å². The molecule has 0 fully saturated rings. The van der Waals surface area contributed by atoms with E-state index in [4.69, 9.17) is 11.6 Å². The van der Waals surface area contributed by atoms with Crippen LogP contribution < -0.4 is 16.0 Å². The highest BCUT2D eigenvalue weighted by atomic mass is 35.5. The summed E-state index contributed by atoms with van der Waals surface area (Å²) in [5.74, 6) is 1.74. The molecule has 0 unspecified atom stereocenters. The van der Waals surface area contributed by atoms with Crippen LogP contribution in [0, 0.1) is 6.92 Å². The number of amides is 1. The van der Waals surface area contributed by atoms with Gasteiger partial charge in [-0.15, -0.1) is 10.2 Å². The molecule has 0 bridgehead atoms. The second-order valence-corrected chi connectivity index (χ2v) is 6.63. The first kappa shape index (κ1) is 20.3. The van der Waals surface area contributed by atoms with E-state index in [9.17, 15) is 4.79 Å². The molecule has 0 aliphatic rings.